The summed E-state index contributed by atoms with van der Waals surface area (Å²) in [6, 6.07) is 6.77. The highest BCUT2D eigenvalue weighted by molar-refractivity contribution is 5.32. The van der Waals surface area contributed by atoms with Crippen LogP contribution in [0.15, 0.2) is 18.2 Å². The van der Waals surface area contributed by atoms with Crippen LogP contribution in [-0.2, 0) is 0 Å². The number of nitrogens with one attached hydrogen (secondary N) is 1. The Kier molecular flexibility index (Phi) is 4.30. The van der Waals surface area contributed by atoms with E-state index in [2.05, 4.69) is 44.3 Å². The number of aryl methyl sites for hydroxylation is 2. The molecule has 0 aliphatic rings. The molecule has 0 heterocycles. The van der Waals surface area contributed by atoms with Gasteiger partial charge in [0, 0.05) is 12.6 Å². The van der Waals surface area contributed by atoms with Gasteiger partial charge in [0.1, 0.15) is 0 Å². The summed E-state index contributed by atoms with van der Waals surface area (Å²) in [5.74, 6) is 0. The van der Waals surface area contributed by atoms with Gasteiger partial charge in [-0.2, -0.15) is 0 Å². The molecule has 0 bridgehead atoms. The van der Waals surface area contributed by atoms with Gasteiger partial charge in [-0.3, -0.25) is 0 Å². The van der Waals surface area contributed by atoms with E-state index in [0.717, 1.165) is 0 Å². The third-order valence-electron chi connectivity index (χ3n) is 2.61. The van der Waals surface area contributed by atoms with E-state index in [9.17, 15) is 5.11 Å². The standard InChI is InChI=1S/C13H21NO/c1-9-5-6-13(10(2)7-9)12(4)14-8-11(3)15/h5-7,11-12,14-15H,8H2,1-4H3/t11-,12-/m0/s1. The Morgan fingerprint density at radius 1 is 1.27 bits per heavy atom. The Labute approximate surface area is 92.3 Å². The van der Waals surface area contributed by atoms with E-state index in [4.69, 9.17) is 0 Å². The van der Waals surface area contributed by atoms with Crippen molar-refractivity contribution in [1.82, 2.24) is 5.32 Å². The van der Waals surface area contributed by atoms with Crippen LogP contribution in [0.2, 0.25) is 0 Å². The summed E-state index contributed by atoms with van der Waals surface area (Å²) in [7, 11) is 0. The van der Waals surface area contributed by atoms with Crippen LogP contribution in [0.1, 0.15) is 36.6 Å². The maximum atomic E-state index is 9.20. The van der Waals surface area contributed by atoms with Crippen molar-refractivity contribution in [3.05, 3.63) is 34.9 Å². The lowest BCUT2D eigenvalue weighted by Gasteiger charge is -2.18. The molecule has 15 heavy (non-hydrogen) atoms. The van der Waals surface area contributed by atoms with Gasteiger partial charge in [-0.15, -0.1) is 0 Å². The monoisotopic (exact) mass is 207 g/mol. The first-order valence-electron chi connectivity index (χ1n) is 5.49. The molecule has 0 unspecified atom stereocenters. The summed E-state index contributed by atoms with van der Waals surface area (Å²) < 4.78 is 0. The smallest absolute Gasteiger partial charge is 0.0636 e. The average Bonchev–Trinajstić information content (AvgIpc) is 2.14. The number of aliphatic hydroxyl groups excluding tert-OH is 1. The molecule has 2 atom stereocenters. The molecule has 2 N–H and O–H groups in total. The first-order chi connectivity index (χ1) is 7.00. The molecule has 0 spiro atoms. The molecule has 2 nitrogen and oxygen atoms in total. The second-order valence-corrected chi connectivity index (χ2v) is 4.34. The van der Waals surface area contributed by atoms with Gasteiger partial charge < -0.3 is 10.4 Å². The minimum absolute atomic E-state index is 0.292. The van der Waals surface area contributed by atoms with Gasteiger partial charge in [0.25, 0.3) is 0 Å². The molecule has 0 aliphatic carbocycles. The molecule has 0 aliphatic heterocycles. The van der Waals surface area contributed by atoms with Gasteiger partial charge in [0.2, 0.25) is 0 Å². The Morgan fingerprint density at radius 2 is 1.93 bits per heavy atom. The summed E-state index contributed by atoms with van der Waals surface area (Å²) in [6.45, 7) is 8.78. The van der Waals surface area contributed by atoms with Gasteiger partial charge in [0.05, 0.1) is 6.10 Å². The number of rotatable bonds is 4. The molecule has 1 aromatic carbocycles. The van der Waals surface area contributed by atoms with Crippen molar-refractivity contribution in [2.75, 3.05) is 6.54 Å². The molecular formula is C13H21NO. The molecule has 0 radical (unpaired) electrons. The summed E-state index contributed by atoms with van der Waals surface area (Å²) in [5, 5.41) is 12.5. The molecule has 84 valence electrons. The summed E-state index contributed by atoms with van der Waals surface area (Å²) in [5.41, 5.74) is 3.90. The molecule has 0 aromatic heterocycles. The number of aliphatic hydroxyl groups is 1. The number of hydrogen-bond acceptors (Lipinski definition) is 2. The van der Waals surface area contributed by atoms with Crippen LogP contribution in [0.25, 0.3) is 0 Å². The van der Waals surface area contributed by atoms with E-state index in [1.165, 1.54) is 16.7 Å². The Balaban J connectivity index is 2.69. The minimum Gasteiger partial charge on any atom is -0.392 e. The Bertz CT molecular complexity index is 320. The fourth-order valence-corrected chi connectivity index (χ4v) is 1.77. The number of hydrogen-bond donors (Lipinski definition) is 2. The topological polar surface area (TPSA) is 32.3 Å². The van der Waals surface area contributed by atoms with Crippen LogP contribution in [-0.4, -0.2) is 17.8 Å². The minimum atomic E-state index is -0.293. The largest absolute Gasteiger partial charge is 0.392 e. The zero-order chi connectivity index (χ0) is 11.4. The van der Waals surface area contributed by atoms with Gasteiger partial charge in [-0.25, -0.2) is 0 Å². The van der Waals surface area contributed by atoms with E-state index in [1.807, 2.05) is 0 Å². The quantitative estimate of drug-likeness (QED) is 0.794. The molecular weight excluding hydrogens is 186 g/mol. The molecule has 2 heteroatoms. The molecule has 0 saturated carbocycles. The highest BCUT2D eigenvalue weighted by Gasteiger charge is 2.08. The zero-order valence-corrected chi connectivity index (χ0v) is 10.0. The van der Waals surface area contributed by atoms with E-state index in [0.29, 0.717) is 12.6 Å². The third-order valence-corrected chi connectivity index (χ3v) is 2.61. The lowest BCUT2D eigenvalue weighted by molar-refractivity contribution is 0.187. The van der Waals surface area contributed by atoms with Crippen LogP contribution in [0.3, 0.4) is 0 Å². The predicted octanol–water partition coefficient (Wildman–Crippen LogP) is 2.33. The SMILES string of the molecule is Cc1ccc([C@H](C)NC[C@H](C)O)c(C)c1. The fourth-order valence-electron chi connectivity index (χ4n) is 1.77. The first-order valence-corrected chi connectivity index (χ1v) is 5.49. The lowest BCUT2D eigenvalue weighted by Crippen LogP contribution is -2.27. The van der Waals surface area contributed by atoms with Crippen molar-refractivity contribution in [1.29, 1.82) is 0 Å². The van der Waals surface area contributed by atoms with Gasteiger partial charge in [-0.05, 0) is 38.8 Å². The molecule has 0 fully saturated rings. The van der Waals surface area contributed by atoms with Crippen LogP contribution in [0.4, 0.5) is 0 Å². The van der Waals surface area contributed by atoms with Crippen molar-refractivity contribution in [3.8, 4) is 0 Å². The highest BCUT2D eigenvalue weighted by atomic mass is 16.3. The van der Waals surface area contributed by atoms with Crippen molar-refractivity contribution in [3.63, 3.8) is 0 Å². The van der Waals surface area contributed by atoms with Crippen LogP contribution in [0, 0.1) is 13.8 Å². The van der Waals surface area contributed by atoms with Gasteiger partial charge in [-0.1, -0.05) is 23.8 Å². The van der Waals surface area contributed by atoms with E-state index in [-0.39, 0.29) is 6.10 Å². The third kappa shape index (κ3) is 3.65. The Morgan fingerprint density at radius 3 is 2.47 bits per heavy atom. The normalized spacial score (nSPS) is 15.0. The maximum absolute atomic E-state index is 9.20. The average molecular weight is 207 g/mol. The van der Waals surface area contributed by atoms with E-state index < -0.39 is 0 Å². The second-order valence-electron chi connectivity index (χ2n) is 4.34. The molecule has 0 amide bonds. The highest BCUT2D eigenvalue weighted by Crippen LogP contribution is 2.18. The van der Waals surface area contributed by atoms with Crippen molar-refractivity contribution >= 4 is 0 Å². The van der Waals surface area contributed by atoms with Crippen LogP contribution in [0.5, 0.6) is 0 Å². The van der Waals surface area contributed by atoms with E-state index >= 15 is 0 Å². The lowest BCUT2D eigenvalue weighted by atomic mass is 10.0. The summed E-state index contributed by atoms with van der Waals surface area (Å²) in [4.78, 5) is 0. The number of benzene rings is 1. The Hall–Kier alpha value is -0.860. The fraction of sp³-hybridized carbons (Fsp3) is 0.538. The van der Waals surface area contributed by atoms with Crippen molar-refractivity contribution in [2.45, 2.75) is 39.8 Å². The van der Waals surface area contributed by atoms with Gasteiger partial charge in [0.15, 0.2) is 0 Å². The molecule has 0 saturated heterocycles. The van der Waals surface area contributed by atoms with Gasteiger partial charge >= 0.3 is 0 Å². The van der Waals surface area contributed by atoms with Crippen LogP contribution >= 0.6 is 0 Å². The zero-order valence-electron chi connectivity index (χ0n) is 10.0. The first kappa shape index (κ1) is 12.2. The maximum Gasteiger partial charge on any atom is 0.0636 e. The predicted molar refractivity (Wildman–Crippen MR) is 64.0 cm³/mol. The summed E-state index contributed by atoms with van der Waals surface area (Å²) >= 11 is 0. The van der Waals surface area contributed by atoms with Crippen LogP contribution < -0.4 is 5.32 Å². The summed E-state index contributed by atoms with van der Waals surface area (Å²) in [6.07, 6.45) is -0.293. The van der Waals surface area contributed by atoms with Crippen molar-refractivity contribution < 1.29 is 5.11 Å². The second kappa shape index (κ2) is 5.29. The van der Waals surface area contributed by atoms with E-state index in [1.54, 1.807) is 6.92 Å². The molecule has 1 rings (SSSR count). The molecule has 1 aromatic rings. The van der Waals surface area contributed by atoms with Crippen molar-refractivity contribution in [2.24, 2.45) is 0 Å².